The standard InChI is InChI=1S/C71H46N6/c1-45-42-64-67(56-33-18-19-36-60(56)74(64)48-26-11-4-12-27-48)70-65(45)57-43-51(38-40-62(57)76(70)49-28-13-5-14-29-49)75-61-37-20-17-32-55(61)66-63(75)41-39-53-52-34-21-35-54(68(52)77(69(53)66)50-30-15-6-16-31-50)59-44-58(46-22-7-2-8-23-46)72-71(73-59)47-24-9-3-10-25-47/h2-44H,1H3. The first-order valence-corrected chi connectivity index (χ1v) is 26.3. The molecule has 0 amide bonds. The molecule has 6 nitrogen and oxygen atoms in total. The van der Waals surface area contributed by atoms with Crippen molar-refractivity contribution < 1.29 is 0 Å². The van der Waals surface area contributed by atoms with E-state index in [2.05, 4.69) is 274 Å². The fourth-order valence-electron chi connectivity index (χ4n) is 12.7. The maximum atomic E-state index is 5.40. The molecule has 0 radical (unpaired) electrons. The Hall–Kier alpha value is -10.3. The molecule has 0 aliphatic carbocycles. The predicted octanol–water partition coefficient (Wildman–Crippen LogP) is 18.2. The minimum atomic E-state index is 0.689. The molecule has 77 heavy (non-hydrogen) atoms. The Morgan fingerprint density at radius 1 is 0.273 bits per heavy atom. The Kier molecular flexibility index (Phi) is 9.45. The molecule has 0 spiro atoms. The fraction of sp³-hybridized carbons (Fsp3) is 0.0141. The van der Waals surface area contributed by atoms with E-state index in [1.165, 1.54) is 59.8 Å². The second kappa shape index (κ2) is 16.9. The minimum Gasteiger partial charge on any atom is -0.309 e. The normalized spacial score (nSPS) is 12.0. The zero-order valence-corrected chi connectivity index (χ0v) is 42.0. The zero-order valence-electron chi connectivity index (χ0n) is 42.0. The summed E-state index contributed by atoms with van der Waals surface area (Å²) in [5.41, 5.74) is 19.8. The first kappa shape index (κ1) is 43.1. The third-order valence-corrected chi connectivity index (χ3v) is 15.8. The van der Waals surface area contributed by atoms with E-state index in [4.69, 9.17) is 9.97 Å². The van der Waals surface area contributed by atoms with Gasteiger partial charge in [0.25, 0.3) is 0 Å². The molecule has 0 unspecified atom stereocenters. The van der Waals surface area contributed by atoms with Gasteiger partial charge in [-0.05, 0) is 97.4 Å². The van der Waals surface area contributed by atoms with Crippen molar-refractivity contribution in [2.45, 2.75) is 6.92 Å². The van der Waals surface area contributed by atoms with Crippen LogP contribution in [0.2, 0.25) is 0 Å². The Bertz CT molecular complexity index is 4950. The van der Waals surface area contributed by atoms with Gasteiger partial charge in [0.05, 0.1) is 55.5 Å². The molecule has 360 valence electrons. The van der Waals surface area contributed by atoms with Gasteiger partial charge in [-0.2, -0.15) is 0 Å². The third-order valence-electron chi connectivity index (χ3n) is 15.8. The average Bonchev–Trinajstić information content (AvgIpc) is 4.42. The summed E-state index contributed by atoms with van der Waals surface area (Å²) in [4.78, 5) is 10.6. The van der Waals surface area contributed by atoms with Gasteiger partial charge in [-0.15, -0.1) is 0 Å². The molecule has 5 aromatic heterocycles. The lowest BCUT2D eigenvalue weighted by molar-refractivity contribution is 1.16. The Morgan fingerprint density at radius 2 is 0.766 bits per heavy atom. The van der Waals surface area contributed by atoms with Crippen molar-refractivity contribution in [3.05, 3.63) is 266 Å². The number of fused-ring (bicyclic) bond motifs is 14. The highest BCUT2D eigenvalue weighted by atomic mass is 15.0. The van der Waals surface area contributed by atoms with Crippen LogP contribution in [-0.2, 0) is 0 Å². The number of para-hydroxylation sites is 6. The van der Waals surface area contributed by atoms with Crippen LogP contribution in [-0.4, -0.2) is 28.2 Å². The van der Waals surface area contributed by atoms with Crippen LogP contribution in [0.4, 0.5) is 0 Å². The van der Waals surface area contributed by atoms with Crippen molar-refractivity contribution in [2.75, 3.05) is 0 Å². The van der Waals surface area contributed by atoms with Gasteiger partial charge >= 0.3 is 0 Å². The summed E-state index contributed by atoms with van der Waals surface area (Å²) in [6.45, 7) is 2.29. The molecule has 0 aliphatic heterocycles. The zero-order chi connectivity index (χ0) is 50.7. The van der Waals surface area contributed by atoms with Crippen molar-refractivity contribution in [1.29, 1.82) is 0 Å². The highest BCUT2D eigenvalue weighted by molar-refractivity contribution is 6.29. The van der Waals surface area contributed by atoms with Crippen molar-refractivity contribution in [1.82, 2.24) is 28.2 Å². The molecule has 0 N–H and O–H groups in total. The average molecular weight is 983 g/mol. The van der Waals surface area contributed by atoms with Gasteiger partial charge < -0.3 is 18.3 Å². The molecule has 0 saturated heterocycles. The molecule has 5 heterocycles. The summed E-state index contributed by atoms with van der Waals surface area (Å²) in [6, 6.07) is 94.1. The molecular formula is C71H46N6. The number of nitrogens with zero attached hydrogens (tertiary/aromatic N) is 6. The van der Waals surface area contributed by atoms with Crippen molar-refractivity contribution in [2.24, 2.45) is 0 Å². The lowest BCUT2D eigenvalue weighted by Gasteiger charge is -2.14. The van der Waals surface area contributed by atoms with Crippen LogP contribution < -0.4 is 0 Å². The van der Waals surface area contributed by atoms with Gasteiger partial charge in [-0.3, -0.25) is 0 Å². The fourth-order valence-corrected chi connectivity index (χ4v) is 12.7. The first-order valence-electron chi connectivity index (χ1n) is 26.3. The topological polar surface area (TPSA) is 45.5 Å². The minimum absolute atomic E-state index is 0.689. The second-order valence-electron chi connectivity index (χ2n) is 20.1. The molecule has 0 aliphatic rings. The van der Waals surface area contributed by atoms with E-state index in [-0.39, 0.29) is 0 Å². The Morgan fingerprint density at radius 3 is 1.43 bits per heavy atom. The van der Waals surface area contributed by atoms with E-state index in [0.717, 1.165) is 83.8 Å². The molecule has 0 bridgehead atoms. The summed E-state index contributed by atoms with van der Waals surface area (Å²) >= 11 is 0. The number of hydrogen-bond donors (Lipinski definition) is 0. The molecule has 6 heteroatoms. The molecule has 16 aromatic rings. The monoisotopic (exact) mass is 982 g/mol. The number of aromatic nitrogens is 6. The second-order valence-corrected chi connectivity index (χ2v) is 20.1. The Balaban J connectivity index is 0.992. The molecule has 0 fully saturated rings. The third kappa shape index (κ3) is 6.42. The summed E-state index contributed by atoms with van der Waals surface area (Å²) in [6.07, 6.45) is 0. The summed E-state index contributed by atoms with van der Waals surface area (Å²) in [7, 11) is 0. The van der Waals surface area contributed by atoms with E-state index in [1.54, 1.807) is 0 Å². The van der Waals surface area contributed by atoms with E-state index >= 15 is 0 Å². The van der Waals surface area contributed by atoms with Crippen LogP contribution in [0.5, 0.6) is 0 Å². The molecule has 16 rings (SSSR count). The number of hydrogen-bond acceptors (Lipinski definition) is 2. The lowest BCUT2D eigenvalue weighted by atomic mass is 10.0. The largest absolute Gasteiger partial charge is 0.309 e. The lowest BCUT2D eigenvalue weighted by Crippen LogP contribution is -1.99. The van der Waals surface area contributed by atoms with Gasteiger partial charge in [0.2, 0.25) is 0 Å². The van der Waals surface area contributed by atoms with E-state index < -0.39 is 0 Å². The summed E-state index contributed by atoms with van der Waals surface area (Å²) in [5, 5.41) is 9.66. The first-order chi connectivity index (χ1) is 38.2. The van der Waals surface area contributed by atoms with Crippen LogP contribution in [0.25, 0.3) is 144 Å². The molecule has 0 atom stereocenters. The van der Waals surface area contributed by atoms with Crippen LogP contribution in [0.15, 0.2) is 261 Å². The Labute approximate surface area is 443 Å². The SMILES string of the molecule is Cc1cc2c(c3ccccc3n2-c2ccccc2)c2c1c1cc(-n3c4ccccc4c4c3ccc3c5cccc(-c6cc(-c7ccccc7)nc(-c7ccccc7)n6)c5n(-c5ccccc5)c34)ccc1n2-c1ccccc1. The van der Waals surface area contributed by atoms with E-state index in [0.29, 0.717) is 5.82 Å². The molecular weight excluding hydrogens is 937 g/mol. The van der Waals surface area contributed by atoms with Gasteiger partial charge in [-0.25, -0.2) is 9.97 Å². The van der Waals surface area contributed by atoms with Crippen LogP contribution >= 0.6 is 0 Å². The summed E-state index contributed by atoms with van der Waals surface area (Å²) < 4.78 is 9.91. The van der Waals surface area contributed by atoms with Gasteiger partial charge in [0.1, 0.15) is 0 Å². The predicted molar refractivity (Wildman–Crippen MR) is 320 cm³/mol. The highest BCUT2D eigenvalue weighted by Crippen LogP contribution is 2.47. The summed E-state index contributed by atoms with van der Waals surface area (Å²) in [5.74, 6) is 0.689. The van der Waals surface area contributed by atoms with Crippen molar-refractivity contribution in [3.63, 3.8) is 0 Å². The van der Waals surface area contributed by atoms with Crippen LogP contribution in [0, 0.1) is 6.92 Å². The van der Waals surface area contributed by atoms with Gasteiger partial charge in [0.15, 0.2) is 5.82 Å². The van der Waals surface area contributed by atoms with Crippen molar-refractivity contribution >= 4 is 87.2 Å². The maximum absolute atomic E-state index is 5.40. The van der Waals surface area contributed by atoms with E-state index in [1.807, 2.05) is 12.1 Å². The van der Waals surface area contributed by atoms with Gasteiger partial charge in [-0.1, -0.05) is 176 Å². The molecule has 0 saturated carbocycles. The number of rotatable bonds is 7. The molecule has 11 aromatic carbocycles. The highest BCUT2D eigenvalue weighted by Gasteiger charge is 2.26. The maximum Gasteiger partial charge on any atom is 0.160 e. The van der Waals surface area contributed by atoms with Crippen LogP contribution in [0.3, 0.4) is 0 Å². The van der Waals surface area contributed by atoms with Crippen molar-refractivity contribution in [3.8, 4) is 56.7 Å². The smallest absolute Gasteiger partial charge is 0.160 e. The number of aryl methyl sites for hydroxylation is 1. The quantitative estimate of drug-likeness (QED) is 0.160. The van der Waals surface area contributed by atoms with Gasteiger partial charge in [0, 0.05) is 82.5 Å². The van der Waals surface area contributed by atoms with Crippen LogP contribution in [0.1, 0.15) is 5.56 Å². The number of benzene rings is 11. The van der Waals surface area contributed by atoms with E-state index in [9.17, 15) is 0 Å².